The number of amides is 1. The molecule has 25 heavy (non-hydrogen) atoms. The van der Waals surface area contributed by atoms with E-state index in [1.165, 1.54) is 15.6 Å². The first-order chi connectivity index (χ1) is 11.8. The highest BCUT2D eigenvalue weighted by molar-refractivity contribution is 7.89. The van der Waals surface area contributed by atoms with Crippen molar-refractivity contribution in [1.29, 1.82) is 0 Å². The van der Waals surface area contributed by atoms with E-state index >= 15 is 0 Å². The van der Waals surface area contributed by atoms with Crippen LogP contribution in [0.2, 0.25) is 0 Å². The molecule has 2 heterocycles. The molecule has 0 radical (unpaired) electrons. The number of aliphatic carboxylic acids is 1. The summed E-state index contributed by atoms with van der Waals surface area (Å²) in [7, 11) is -3.24. The number of carboxylic acids is 1. The summed E-state index contributed by atoms with van der Waals surface area (Å²) in [6, 6.07) is 3.69. The summed E-state index contributed by atoms with van der Waals surface area (Å²) in [5, 5.41) is 11.0. The lowest BCUT2D eigenvalue weighted by atomic mass is 9.98. The van der Waals surface area contributed by atoms with E-state index in [0.717, 1.165) is 4.88 Å². The molecule has 1 unspecified atom stereocenters. The van der Waals surface area contributed by atoms with Gasteiger partial charge in [0.05, 0.1) is 12.2 Å². The van der Waals surface area contributed by atoms with Gasteiger partial charge in [-0.05, 0) is 17.9 Å². The van der Waals surface area contributed by atoms with Crippen LogP contribution in [0.4, 0.5) is 0 Å². The fourth-order valence-electron chi connectivity index (χ4n) is 2.95. The minimum Gasteiger partial charge on any atom is -0.481 e. The summed E-state index contributed by atoms with van der Waals surface area (Å²) in [6.07, 6.45) is 0.616. The number of carboxylic acid groups (broad SMARTS) is 1. The summed E-state index contributed by atoms with van der Waals surface area (Å²) in [4.78, 5) is 26.1. The van der Waals surface area contributed by atoms with Crippen molar-refractivity contribution >= 4 is 33.2 Å². The van der Waals surface area contributed by atoms with Gasteiger partial charge in [0.2, 0.25) is 15.9 Å². The van der Waals surface area contributed by atoms with Crippen LogP contribution in [-0.4, -0.2) is 66.5 Å². The van der Waals surface area contributed by atoms with Crippen molar-refractivity contribution in [3.05, 3.63) is 22.4 Å². The van der Waals surface area contributed by atoms with Gasteiger partial charge in [-0.3, -0.25) is 9.59 Å². The monoisotopic (exact) mass is 388 g/mol. The molecular formula is C16H24N2O5S2. The zero-order valence-corrected chi connectivity index (χ0v) is 15.9. The van der Waals surface area contributed by atoms with Crippen molar-refractivity contribution in [2.45, 2.75) is 32.1 Å². The number of carbonyl (C=O) groups is 2. The second-order valence-corrected chi connectivity index (χ2v) is 9.18. The van der Waals surface area contributed by atoms with E-state index in [9.17, 15) is 18.0 Å². The third kappa shape index (κ3) is 5.52. The molecule has 1 aliphatic rings. The van der Waals surface area contributed by atoms with Gasteiger partial charge in [0.15, 0.2) is 0 Å². The average molecular weight is 389 g/mol. The van der Waals surface area contributed by atoms with Gasteiger partial charge < -0.3 is 10.0 Å². The maximum atomic E-state index is 12.5. The van der Waals surface area contributed by atoms with Crippen molar-refractivity contribution in [2.75, 3.05) is 31.9 Å². The molecule has 9 heteroatoms. The Kier molecular flexibility index (Phi) is 6.97. The molecule has 1 atom stereocenters. The van der Waals surface area contributed by atoms with Crippen LogP contribution in [0.5, 0.6) is 0 Å². The highest BCUT2D eigenvalue weighted by Crippen LogP contribution is 2.28. The lowest BCUT2D eigenvalue weighted by molar-refractivity contribution is -0.138. The van der Waals surface area contributed by atoms with Gasteiger partial charge in [-0.25, -0.2) is 8.42 Å². The number of hydrogen-bond donors (Lipinski definition) is 1. The van der Waals surface area contributed by atoms with Crippen LogP contribution in [0.25, 0.3) is 0 Å². The Morgan fingerprint density at radius 3 is 2.44 bits per heavy atom. The molecule has 1 aromatic heterocycles. The van der Waals surface area contributed by atoms with Gasteiger partial charge in [0.1, 0.15) is 0 Å². The summed E-state index contributed by atoms with van der Waals surface area (Å²) < 4.78 is 25.6. The zero-order chi connectivity index (χ0) is 18.4. The highest BCUT2D eigenvalue weighted by Gasteiger charge is 2.30. The minimum absolute atomic E-state index is 0.0862. The molecular weight excluding hydrogens is 364 g/mol. The first kappa shape index (κ1) is 19.9. The number of thiophene rings is 1. The normalized spacial score (nSPS) is 17.4. The molecule has 1 N–H and O–H groups in total. The van der Waals surface area contributed by atoms with Crippen LogP contribution in [0, 0.1) is 0 Å². The number of carbonyl (C=O) groups excluding carboxylic acids is 1. The third-order valence-electron chi connectivity index (χ3n) is 4.23. The molecule has 0 spiro atoms. The maximum absolute atomic E-state index is 12.5. The molecule has 1 amide bonds. The Labute approximate surface area is 152 Å². The Morgan fingerprint density at radius 1 is 1.24 bits per heavy atom. The first-order valence-corrected chi connectivity index (χ1v) is 10.8. The molecule has 0 aromatic carbocycles. The zero-order valence-electron chi connectivity index (χ0n) is 14.3. The maximum Gasteiger partial charge on any atom is 0.304 e. The van der Waals surface area contributed by atoms with Gasteiger partial charge in [0.25, 0.3) is 0 Å². The lowest BCUT2D eigenvalue weighted by Gasteiger charge is -2.34. The van der Waals surface area contributed by atoms with E-state index in [2.05, 4.69) is 0 Å². The van der Waals surface area contributed by atoms with Crippen molar-refractivity contribution < 1.29 is 23.1 Å². The molecule has 140 valence electrons. The Bertz CT molecular complexity index is 679. The van der Waals surface area contributed by atoms with E-state index in [0.29, 0.717) is 32.6 Å². The Balaban J connectivity index is 1.94. The number of rotatable bonds is 8. The lowest BCUT2D eigenvalue weighted by Crippen LogP contribution is -2.51. The average Bonchev–Trinajstić information content (AvgIpc) is 3.08. The van der Waals surface area contributed by atoms with Crippen molar-refractivity contribution in [2.24, 2.45) is 0 Å². The second-order valence-electron chi connectivity index (χ2n) is 6.11. The predicted molar refractivity (Wildman–Crippen MR) is 96.2 cm³/mol. The summed E-state index contributed by atoms with van der Waals surface area (Å²) in [5.41, 5.74) is 0. The van der Waals surface area contributed by atoms with E-state index < -0.39 is 16.0 Å². The molecule has 0 aliphatic carbocycles. The summed E-state index contributed by atoms with van der Waals surface area (Å²) >= 11 is 1.45. The van der Waals surface area contributed by atoms with Crippen molar-refractivity contribution in [3.8, 4) is 0 Å². The van der Waals surface area contributed by atoms with Crippen LogP contribution < -0.4 is 0 Å². The van der Waals surface area contributed by atoms with Crippen LogP contribution >= 0.6 is 11.3 Å². The van der Waals surface area contributed by atoms with Gasteiger partial charge in [0, 0.05) is 43.4 Å². The summed E-state index contributed by atoms with van der Waals surface area (Å²) in [5.74, 6) is -1.26. The van der Waals surface area contributed by atoms with Crippen LogP contribution in [0.1, 0.15) is 37.0 Å². The SMILES string of the molecule is CCCS(=O)(=O)N1CCN(C(=O)CC(CC(=O)O)c2cccs2)CC1. The van der Waals surface area contributed by atoms with E-state index in [-0.39, 0.29) is 30.4 Å². The first-order valence-electron chi connectivity index (χ1n) is 8.34. The summed E-state index contributed by atoms with van der Waals surface area (Å²) in [6.45, 7) is 3.13. The largest absolute Gasteiger partial charge is 0.481 e. The Hall–Kier alpha value is -1.45. The Morgan fingerprint density at radius 2 is 1.92 bits per heavy atom. The van der Waals surface area contributed by atoms with E-state index in [1.54, 1.807) is 4.90 Å². The smallest absolute Gasteiger partial charge is 0.304 e. The van der Waals surface area contributed by atoms with E-state index in [1.807, 2.05) is 24.4 Å². The quantitative estimate of drug-likeness (QED) is 0.730. The van der Waals surface area contributed by atoms with E-state index in [4.69, 9.17) is 5.11 Å². The number of sulfonamides is 1. The molecule has 1 saturated heterocycles. The fourth-order valence-corrected chi connectivity index (χ4v) is 5.27. The van der Waals surface area contributed by atoms with Gasteiger partial charge >= 0.3 is 5.97 Å². The van der Waals surface area contributed by atoms with Gasteiger partial charge in [-0.1, -0.05) is 13.0 Å². The third-order valence-corrected chi connectivity index (χ3v) is 7.35. The number of piperazine rings is 1. The van der Waals surface area contributed by atoms with Gasteiger partial charge in [-0.15, -0.1) is 11.3 Å². The van der Waals surface area contributed by atoms with Crippen LogP contribution in [0.15, 0.2) is 17.5 Å². The molecule has 1 aliphatic heterocycles. The number of hydrogen-bond acceptors (Lipinski definition) is 5. The van der Waals surface area contributed by atoms with Crippen LogP contribution in [-0.2, 0) is 19.6 Å². The molecule has 1 fully saturated rings. The second kappa shape index (κ2) is 8.77. The molecule has 7 nitrogen and oxygen atoms in total. The van der Waals surface area contributed by atoms with Crippen molar-refractivity contribution in [3.63, 3.8) is 0 Å². The highest BCUT2D eigenvalue weighted by atomic mass is 32.2. The molecule has 0 bridgehead atoms. The minimum atomic E-state index is -3.24. The molecule has 0 saturated carbocycles. The molecule has 2 rings (SSSR count). The van der Waals surface area contributed by atoms with Gasteiger partial charge in [-0.2, -0.15) is 4.31 Å². The fraction of sp³-hybridized carbons (Fsp3) is 0.625. The predicted octanol–water partition coefficient (Wildman–Crippen LogP) is 1.58. The van der Waals surface area contributed by atoms with Crippen LogP contribution in [0.3, 0.4) is 0 Å². The van der Waals surface area contributed by atoms with Crippen molar-refractivity contribution in [1.82, 2.24) is 9.21 Å². The topological polar surface area (TPSA) is 95.0 Å². The molecule has 1 aromatic rings. The number of nitrogens with zero attached hydrogens (tertiary/aromatic N) is 2. The standard InChI is InChI=1S/C16H24N2O5S2/c1-2-10-25(22,23)18-7-5-17(6-8-18)15(19)11-13(12-16(20)21)14-4-3-9-24-14/h3-4,9,13H,2,5-8,10-12H2,1H3,(H,20,21).